The Morgan fingerprint density at radius 3 is 2.80 bits per heavy atom. The van der Waals surface area contributed by atoms with Crippen molar-refractivity contribution in [3.63, 3.8) is 0 Å². The molecule has 2 aromatic rings. The van der Waals surface area contributed by atoms with Gasteiger partial charge in [0.25, 0.3) is 0 Å². The summed E-state index contributed by atoms with van der Waals surface area (Å²) in [5.41, 5.74) is 1.77. The molecular weight excluding hydrogens is 319 g/mol. The van der Waals surface area contributed by atoms with E-state index in [-0.39, 0.29) is 12.5 Å². The van der Waals surface area contributed by atoms with Crippen LogP contribution in [0.4, 0.5) is 5.69 Å². The molecule has 0 aliphatic heterocycles. The van der Waals surface area contributed by atoms with E-state index in [9.17, 15) is 4.79 Å². The van der Waals surface area contributed by atoms with Crippen molar-refractivity contribution in [1.82, 2.24) is 14.1 Å². The maximum absolute atomic E-state index is 11.7. The molecule has 5 nitrogen and oxygen atoms in total. The summed E-state index contributed by atoms with van der Waals surface area (Å²) in [6.45, 7) is 2.89. The average Bonchev–Trinajstić information content (AvgIpc) is 2.88. The number of halogens is 2. The molecule has 108 valence electrons. The van der Waals surface area contributed by atoms with Gasteiger partial charge in [-0.1, -0.05) is 36.5 Å². The second-order valence-corrected chi connectivity index (χ2v) is 5.58. The van der Waals surface area contributed by atoms with Gasteiger partial charge in [-0.05, 0) is 12.5 Å². The molecule has 1 heterocycles. The standard InChI is InChI=1S/C12H14Cl2N4OS/c1-2-3-4-15-9(19)6-16-10-7(13)5-8(14)11-12(10)18-20-17-11/h5,16H,2-4,6H2,1H3,(H,15,19). The molecular formula is C12H14Cl2N4OS. The van der Waals surface area contributed by atoms with Crippen molar-refractivity contribution in [1.29, 1.82) is 0 Å². The molecule has 0 saturated carbocycles. The van der Waals surface area contributed by atoms with Gasteiger partial charge < -0.3 is 10.6 Å². The van der Waals surface area contributed by atoms with Crippen molar-refractivity contribution < 1.29 is 4.79 Å². The first kappa shape index (κ1) is 15.3. The van der Waals surface area contributed by atoms with Crippen LogP contribution in [-0.4, -0.2) is 27.7 Å². The lowest BCUT2D eigenvalue weighted by Crippen LogP contribution is -2.30. The predicted octanol–water partition coefficient (Wildman–Crippen LogP) is 3.33. The van der Waals surface area contributed by atoms with E-state index in [4.69, 9.17) is 23.2 Å². The molecule has 0 radical (unpaired) electrons. The number of hydrogen-bond donors (Lipinski definition) is 2. The molecule has 0 spiro atoms. The van der Waals surface area contributed by atoms with E-state index in [2.05, 4.69) is 26.3 Å². The van der Waals surface area contributed by atoms with Crippen molar-refractivity contribution >= 4 is 57.6 Å². The summed E-state index contributed by atoms with van der Waals surface area (Å²) in [6, 6.07) is 1.60. The van der Waals surface area contributed by atoms with E-state index in [1.165, 1.54) is 0 Å². The maximum atomic E-state index is 11.7. The van der Waals surface area contributed by atoms with Crippen LogP contribution in [-0.2, 0) is 4.79 Å². The lowest BCUT2D eigenvalue weighted by Gasteiger charge is -2.09. The summed E-state index contributed by atoms with van der Waals surface area (Å²) in [7, 11) is 0. The number of anilines is 1. The number of rotatable bonds is 6. The summed E-state index contributed by atoms with van der Waals surface area (Å²) >= 11 is 13.2. The van der Waals surface area contributed by atoms with Crippen LogP contribution in [0, 0.1) is 0 Å². The fourth-order valence-electron chi connectivity index (χ4n) is 1.68. The van der Waals surface area contributed by atoms with Crippen LogP contribution in [0.1, 0.15) is 19.8 Å². The number of nitrogens with zero attached hydrogens (tertiary/aromatic N) is 2. The van der Waals surface area contributed by atoms with E-state index in [0.29, 0.717) is 33.3 Å². The van der Waals surface area contributed by atoms with Crippen molar-refractivity contribution in [2.24, 2.45) is 0 Å². The lowest BCUT2D eigenvalue weighted by molar-refractivity contribution is -0.119. The Kier molecular flexibility index (Phi) is 5.39. The largest absolute Gasteiger partial charge is 0.373 e. The van der Waals surface area contributed by atoms with Gasteiger partial charge in [-0.15, -0.1) is 0 Å². The molecule has 2 rings (SSSR count). The molecule has 0 aliphatic carbocycles. The van der Waals surface area contributed by atoms with E-state index in [1.807, 2.05) is 0 Å². The second kappa shape index (κ2) is 7.06. The molecule has 0 fully saturated rings. The molecule has 0 atom stereocenters. The fraction of sp³-hybridized carbons (Fsp3) is 0.417. The summed E-state index contributed by atoms with van der Waals surface area (Å²) in [4.78, 5) is 11.7. The minimum atomic E-state index is -0.0826. The number of nitrogens with one attached hydrogen (secondary N) is 2. The number of hydrogen-bond acceptors (Lipinski definition) is 5. The van der Waals surface area contributed by atoms with Gasteiger partial charge >= 0.3 is 0 Å². The fourth-order valence-corrected chi connectivity index (χ4v) is 2.86. The Balaban J connectivity index is 2.06. The van der Waals surface area contributed by atoms with Crippen LogP contribution >= 0.6 is 34.9 Å². The van der Waals surface area contributed by atoms with E-state index in [1.54, 1.807) is 6.07 Å². The average molecular weight is 333 g/mol. The first-order valence-electron chi connectivity index (χ1n) is 6.24. The zero-order valence-corrected chi connectivity index (χ0v) is 13.2. The number of unbranched alkanes of at least 4 members (excludes halogenated alkanes) is 1. The van der Waals surface area contributed by atoms with Gasteiger partial charge in [0.2, 0.25) is 5.91 Å². The van der Waals surface area contributed by atoms with E-state index < -0.39 is 0 Å². The Morgan fingerprint density at radius 2 is 2.05 bits per heavy atom. The predicted molar refractivity (Wildman–Crippen MR) is 83.8 cm³/mol. The van der Waals surface area contributed by atoms with Crippen molar-refractivity contribution in [2.75, 3.05) is 18.4 Å². The Labute approximate surface area is 131 Å². The minimum Gasteiger partial charge on any atom is -0.373 e. The van der Waals surface area contributed by atoms with E-state index >= 15 is 0 Å². The Hall–Kier alpha value is -1.11. The Bertz CT molecular complexity index is 617. The summed E-state index contributed by atoms with van der Waals surface area (Å²) < 4.78 is 8.27. The van der Waals surface area contributed by atoms with Gasteiger partial charge in [-0.3, -0.25) is 4.79 Å². The molecule has 20 heavy (non-hydrogen) atoms. The van der Waals surface area contributed by atoms with Crippen LogP contribution in [0.3, 0.4) is 0 Å². The first-order chi connectivity index (χ1) is 9.63. The third-order valence-corrected chi connectivity index (χ3v) is 3.84. The zero-order valence-electron chi connectivity index (χ0n) is 10.9. The molecule has 2 N–H and O–H groups in total. The highest BCUT2D eigenvalue weighted by molar-refractivity contribution is 7.00. The molecule has 0 bridgehead atoms. The number of amides is 1. The summed E-state index contributed by atoms with van der Waals surface area (Å²) in [6.07, 6.45) is 2.01. The molecule has 0 saturated heterocycles. The van der Waals surface area contributed by atoms with Gasteiger partial charge in [-0.2, -0.15) is 8.75 Å². The van der Waals surface area contributed by atoms with Crippen LogP contribution in [0.25, 0.3) is 11.0 Å². The van der Waals surface area contributed by atoms with Crippen LogP contribution in [0.5, 0.6) is 0 Å². The molecule has 1 aromatic heterocycles. The number of benzene rings is 1. The van der Waals surface area contributed by atoms with Gasteiger partial charge in [0, 0.05) is 6.54 Å². The first-order valence-corrected chi connectivity index (χ1v) is 7.73. The minimum absolute atomic E-state index is 0.0826. The monoisotopic (exact) mass is 332 g/mol. The highest BCUT2D eigenvalue weighted by Crippen LogP contribution is 2.34. The molecule has 1 amide bonds. The van der Waals surface area contributed by atoms with Gasteiger partial charge in [0.1, 0.15) is 11.0 Å². The number of carbonyl (C=O) groups excluding carboxylic acids is 1. The SMILES string of the molecule is CCCCNC(=O)CNc1c(Cl)cc(Cl)c2nsnc12. The summed E-state index contributed by atoms with van der Waals surface area (Å²) in [5.74, 6) is -0.0826. The molecule has 0 aliphatic rings. The number of fused-ring (bicyclic) bond motifs is 1. The second-order valence-electron chi connectivity index (χ2n) is 4.23. The smallest absolute Gasteiger partial charge is 0.239 e. The maximum Gasteiger partial charge on any atom is 0.239 e. The molecule has 1 aromatic carbocycles. The van der Waals surface area contributed by atoms with Gasteiger partial charge in [0.15, 0.2) is 0 Å². The Morgan fingerprint density at radius 1 is 1.30 bits per heavy atom. The summed E-state index contributed by atoms with van der Waals surface area (Å²) in [5, 5.41) is 6.70. The highest BCUT2D eigenvalue weighted by Gasteiger charge is 2.14. The van der Waals surface area contributed by atoms with Crippen LogP contribution < -0.4 is 10.6 Å². The molecule has 0 unspecified atom stereocenters. The van der Waals surface area contributed by atoms with Crippen LogP contribution in [0.2, 0.25) is 10.0 Å². The zero-order chi connectivity index (χ0) is 14.5. The molecule has 8 heteroatoms. The number of aromatic nitrogens is 2. The lowest BCUT2D eigenvalue weighted by atomic mass is 10.2. The highest BCUT2D eigenvalue weighted by atomic mass is 35.5. The normalized spacial score (nSPS) is 10.8. The van der Waals surface area contributed by atoms with Crippen molar-refractivity contribution in [2.45, 2.75) is 19.8 Å². The van der Waals surface area contributed by atoms with Crippen molar-refractivity contribution in [3.05, 3.63) is 16.1 Å². The van der Waals surface area contributed by atoms with Gasteiger partial charge in [0.05, 0.1) is 34.0 Å². The third kappa shape index (κ3) is 3.50. The third-order valence-electron chi connectivity index (χ3n) is 2.72. The van der Waals surface area contributed by atoms with Gasteiger partial charge in [-0.25, -0.2) is 0 Å². The topological polar surface area (TPSA) is 66.9 Å². The van der Waals surface area contributed by atoms with Crippen molar-refractivity contribution in [3.8, 4) is 0 Å². The number of carbonyl (C=O) groups is 1. The van der Waals surface area contributed by atoms with Crippen LogP contribution in [0.15, 0.2) is 6.07 Å². The van der Waals surface area contributed by atoms with E-state index in [0.717, 1.165) is 24.6 Å². The quantitative estimate of drug-likeness (QED) is 0.796.